The van der Waals surface area contributed by atoms with E-state index in [4.69, 9.17) is 10.5 Å². The summed E-state index contributed by atoms with van der Waals surface area (Å²) in [6, 6.07) is 3.85. The molecule has 2 atom stereocenters. The Morgan fingerprint density at radius 3 is 2.02 bits per heavy atom. The fourth-order valence-electron chi connectivity index (χ4n) is 5.26. The number of amides is 7. The number of ether oxygens (including phenoxy) is 1. The lowest BCUT2D eigenvalue weighted by Gasteiger charge is -2.40. The van der Waals surface area contributed by atoms with E-state index in [1.807, 2.05) is 0 Å². The van der Waals surface area contributed by atoms with Gasteiger partial charge in [-0.15, -0.1) is 0 Å². The zero-order valence-electron chi connectivity index (χ0n) is 27.5. The number of anilines is 1. The monoisotopic (exact) mass is 642 g/mol. The van der Waals surface area contributed by atoms with Crippen LogP contribution in [0.5, 0.6) is 0 Å². The minimum atomic E-state index is -1.10. The number of nitrogens with zero attached hydrogens (tertiary/aromatic N) is 1. The fraction of sp³-hybridized carbons (Fsp3) is 0.531. The second-order valence-corrected chi connectivity index (χ2v) is 12.9. The Morgan fingerprint density at radius 2 is 1.50 bits per heavy atom. The minimum absolute atomic E-state index is 0.0808. The molecule has 0 bridgehead atoms. The van der Waals surface area contributed by atoms with Crippen molar-refractivity contribution in [3.8, 4) is 0 Å². The van der Waals surface area contributed by atoms with Gasteiger partial charge in [0.05, 0.1) is 0 Å². The second-order valence-electron chi connectivity index (χ2n) is 12.9. The average Bonchev–Trinajstić information content (AvgIpc) is 3.30. The van der Waals surface area contributed by atoms with E-state index in [1.54, 1.807) is 65.8 Å². The van der Waals surface area contributed by atoms with E-state index in [-0.39, 0.29) is 31.9 Å². The third-order valence-corrected chi connectivity index (χ3v) is 7.40. The van der Waals surface area contributed by atoms with Gasteiger partial charge in [-0.05, 0) is 56.7 Å². The number of imide groups is 1. The van der Waals surface area contributed by atoms with Crippen LogP contribution in [0.1, 0.15) is 73.3 Å². The number of hydrogen-bond acceptors (Lipinski definition) is 8. The Hall–Kier alpha value is -4.75. The van der Waals surface area contributed by atoms with Crippen LogP contribution in [0.25, 0.3) is 0 Å². The third kappa shape index (κ3) is 11.0. The van der Waals surface area contributed by atoms with E-state index in [0.29, 0.717) is 17.7 Å². The molecule has 1 heterocycles. The van der Waals surface area contributed by atoms with Crippen molar-refractivity contribution in [1.82, 2.24) is 20.9 Å². The van der Waals surface area contributed by atoms with Crippen molar-refractivity contribution in [2.24, 2.45) is 17.1 Å². The topological polar surface area (TPSA) is 206 Å². The Bertz CT molecular complexity index is 1330. The van der Waals surface area contributed by atoms with E-state index in [0.717, 1.165) is 4.90 Å². The Balaban J connectivity index is 2.16. The van der Waals surface area contributed by atoms with Gasteiger partial charge in [-0.25, -0.2) is 4.79 Å². The molecule has 0 unspecified atom stereocenters. The first-order chi connectivity index (χ1) is 21.3. The molecule has 1 aromatic rings. The molecular formula is C32H46N6O8. The Kier molecular flexibility index (Phi) is 13.0. The van der Waals surface area contributed by atoms with Gasteiger partial charge in [0.15, 0.2) is 0 Å². The van der Waals surface area contributed by atoms with Crippen molar-refractivity contribution in [3.05, 3.63) is 42.0 Å². The van der Waals surface area contributed by atoms with Crippen molar-refractivity contribution < 1.29 is 38.3 Å². The highest BCUT2D eigenvalue weighted by molar-refractivity contribution is 6.13. The van der Waals surface area contributed by atoms with Crippen LogP contribution in [0.15, 0.2) is 36.4 Å². The quantitative estimate of drug-likeness (QED) is 0.102. The SMILES string of the molecule is CC(=O)OCc1ccc(NC(=O)[C@H](CCCNC(N)=O)NC(=O)[C@@H](NC(=O)C(C)(C)CC(C)(C)N2C(=O)C=CC2=O)C(C)C)cc1. The highest BCUT2D eigenvalue weighted by Gasteiger charge is 2.44. The lowest BCUT2D eigenvalue weighted by molar-refractivity contribution is -0.146. The Morgan fingerprint density at radius 1 is 0.913 bits per heavy atom. The van der Waals surface area contributed by atoms with Crippen LogP contribution in [-0.2, 0) is 40.1 Å². The van der Waals surface area contributed by atoms with Crippen LogP contribution in [0.4, 0.5) is 10.5 Å². The smallest absolute Gasteiger partial charge is 0.312 e. The average molecular weight is 643 g/mol. The minimum Gasteiger partial charge on any atom is -0.461 e. The predicted octanol–water partition coefficient (Wildman–Crippen LogP) is 1.88. The maximum absolute atomic E-state index is 13.6. The number of esters is 1. The van der Waals surface area contributed by atoms with Gasteiger partial charge in [-0.2, -0.15) is 0 Å². The summed E-state index contributed by atoms with van der Waals surface area (Å²) in [5.74, 6) is -3.29. The number of nitrogens with two attached hydrogens (primary N) is 1. The number of carbonyl (C=O) groups excluding carboxylic acids is 7. The normalized spacial score (nSPS) is 14.5. The van der Waals surface area contributed by atoms with Crippen LogP contribution in [0.2, 0.25) is 0 Å². The van der Waals surface area contributed by atoms with Crippen molar-refractivity contribution in [2.45, 2.75) is 92.0 Å². The summed E-state index contributed by atoms with van der Waals surface area (Å²) in [4.78, 5) is 88.3. The van der Waals surface area contributed by atoms with Crippen LogP contribution < -0.4 is 27.0 Å². The molecular weight excluding hydrogens is 596 g/mol. The highest BCUT2D eigenvalue weighted by atomic mass is 16.5. The summed E-state index contributed by atoms with van der Waals surface area (Å²) in [7, 11) is 0. The predicted molar refractivity (Wildman–Crippen MR) is 170 cm³/mol. The first-order valence-electron chi connectivity index (χ1n) is 15.1. The maximum atomic E-state index is 13.6. The summed E-state index contributed by atoms with van der Waals surface area (Å²) in [6.45, 7) is 11.8. The number of hydrogen-bond donors (Lipinski definition) is 5. The van der Waals surface area contributed by atoms with Gasteiger partial charge >= 0.3 is 12.0 Å². The van der Waals surface area contributed by atoms with Gasteiger partial charge in [-0.1, -0.05) is 39.8 Å². The lowest BCUT2D eigenvalue weighted by Crippen LogP contribution is -2.57. The van der Waals surface area contributed by atoms with E-state index in [1.165, 1.54) is 19.1 Å². The van der Waals surface area contributed by atoms with Crippen molar-refractivity contribution in [2.75, 3.05) is 11.9 Å². The molecule has 0 saturated heterocycles. The second kappa shape index (κ2) is 16.0. The molecule has 0 aliphatic carbocycles. The molecule has 0 aromatic heterocycles. The first-order valence-corrected chi connectivity index (χ1v) is 15.1. The zero-order chi connectivity index (χ0) is 34.8. The maximum Gasteiger partial charge on any atom is 0.312 e. The summed E-state index contributed by atoms with van der Waals surface area (Å²) in [6.07, 6.45) is 2.95. The van der Waals surface area contributed by atoms with Gasteiger partial charge < -0.3 is 31.7 Å². The van der Waals surface area contributed by atoms with Crippen LogP contribution in [0, 0.1) is 11.3 Å². The molecule has 46 heavy (non-hydrogen) atoms. The molecule has 0 radical (unpaired) electrons. The molecule has 2 rings (SSSR count). The number of benzene rings is 1. The molecule has 252 valence electrons. The third-order valence-electron chi connectivity index (χ3n) is 7.40. The van der Waals surface area contributed by atoms with Crippen LogP contribution >= 0.6 is 0 Å². The van der Waals surface area contributed by atoms with Gasteiger partial charge in [0, 0.05) is 42.3 Å². The van der Waals surface area contributed by atoms with Crippen LogP contribution in [-0.4, -0.2) is 70.6 Å². The van der Waals surface area contributed by atoms with E-state index in [2.05, 4.69) is 21.3 Å². The molecule has 1 aliphatic heterocycles. The molecule has 6 N–H and O–H groups in total. The molecule has 1 aliphatic rings. The van der Waals surface area contributed by atoms with Gasteiger partial charge in [0.1, 0.15) is 18.7 Å². The Labute approximate surface area is 269 Å². The standard InChI is InChI=1S/C32H46N6O8/c1-19(2)26(37-29(44)31(4,5)18-32(6,7)38-24(40)14-15-25(38)41)28(43)36-23(9-8-16-34-30(33)45)27(42)35-22-12-10-21(11-13-22)17-46-20(3)39/h10-15,19,23,26H,8-9,16-18H2,1-7H3,(H,35,42)(H,36,43)(H,37,44)(H3,33,34,45)/t23-,26-/m0/s1. The number of urea groups is 1. The molecule has 1 aromatic carbocycles. The number of nitrogens with one attached hydrogen (secondary N) is 4. The molecule has 14 nitrogen and oxygen atoms in total. The molecule has 0 spiro atoms. The van der Waals surface area contributed by atoms with Crippen molar-refractivity contribution in [3.63, 3.8) is 0 Å². The van der Waals surface area contributed by atoms with E-state index < -0.39 is 64.6 Å². The van der Waals surface area contributed by atoms with E-state index >= 15 is 0 Å². The molecule has 7 amide bonds. The number of rotatable bonds is 16. The molecule has 0 fully saturated rings. The van der Waals surface area contributed by atoms with Gasteiger partial charge in [-0.3, -0.25) is 33.7 Å². The number of carbonyl (C=O) groups is 7. The first kappa shape index (κ1) is 37.4. The van der Waals surface area contributed by atoms with Gasteiger partial charge in [0.2, 0.25) is 17.7 Å². The summed E-state index contributed by atoms with van der Waals surface area (Å²) in [5.41, 5.74) is 4.20. The van der Waals surface area contributed by atoms with E-state index in [9.17, 15) is 33.6 Å². The van der Waals surface area contributed by atoms with Crippen LogP contribution in [0.3, 0.4) is 0 Å². The van der Waals surface area contributed by atoms with Crippen molar-refractivity contribution in [1.29, 1.82) is 0 Å². The number of primary amides is 1. The molecule has 0 saturated carbocycles. The summed E-state index contributed by atoms with van der Waals surface area (Å²) < 4.78 is 4.97. The highest BCUT2D eigenvalue weighted by Crippen LogP contribution is 2.34. The zero-order valence-corrected chi connectivity index (χ0v) is 27.5. The fourth-order valence-corrected chi connectivity index (χ4v) is 5.26. The lowest BCUT2D eigenvalue weighted by atomic mass is 9.78. The summed E-state index contributed by atoms with van der Waals surface area (Å²) in [5, 5.41) is 10.7. The molecule has 14 heteroatoms. The van der Waals surface area contributed by atoms with Gasteiger partial charge in [0.25, 0.3) is 11.8 Å². The largest absolute Gasteiger partial charge is 0.461 e. The summed E-state index contributed by atoms with van der Waals surface area (Å²) >= 11 is 0. The van der Waals surface area contributed by atoms with Crippen molar-refractivity contribution >= 4 is 47.2 Å².